The maximum Gasteiger partial charge on any atom is 0.274 e. The van der Waals surface area contributed by atoms with E-state index in [1.807, 2.05) is 11.8 Å². The van der Waals surface area contributed by atoms with Crippen molar-refractivity contribution < 1.29 is 9.59 Å². The molecule has 0 saturated carbocycles. The second-order valence-corrected chi connectivity index (χ2v) is 5.49. The van der Waals surface area contributed by atoms with E-state index < -0.39 is 0 Å². The SMILES string of the molecule is CCN(C)C(=O)c1nccnc1C[C@H]1CCN(C(C)=O)C1. The van der Waals surface area contributed by atoms with E-state index in [2.05, 4.69) is 9.97 Å². The lowest BCUT2D eigenvalue weighted by atomic mass is 10.0. The second-order valence-electron chi connectivity index (χ2n) is 5.49. The lowest BCUT2D eigenvalue weighted by Crippen LogP contribution is -2.29. The Hall–Kier alpha value is -1.98. The summed E-state index contributed by atoms with van der Waals surface area (Å²) in [4.78, 5) is 35.7. The molecule has 0 aromatic carbocycles. The van der Waals surface area contributed by atoms with Crippen molar-refractivity contribution in [3.63, 3.8) is 0 Å². The fraction of sp³-hybridized carbons (Fsp3) is 0.600. The number of amides is 2. The molecular weight excluding hydrogens is 268 g/mol. The topological polar surface area (TPSA) is 66.4 Å². The summed E-state index contributed by atoms with van der Waals surface area (Å²) in [5, 5.41) is 0. The first-order chi connectivity index (χ1) is 10.0. The number of likely N-dealkylation sites (tertiary alicyclic amines) is 1. The van der Waals surface area contributed by atoms with Crippen molar-refractivity contribution in [1.82, 2.24) is 19.8 Å². The van der Waals surface area contributed by atoms with Crippen molar-refractivity contribution in [2.75, 3.05) is 26.7 Å². The zero-order chi connectivity index (χ0) is 15.4. The molecule has 0 aliphatic carbocycles. The number of carbonyl (C=O) groups excluding carboxylic acids is 2. The van der Waals surface area contributed by atoms with Gasteiger partial charge in [0.2, 0.25) is 5.91 Å². The van der Waals surface area contributed by atoms with Crippen LogP contribution in [-0.4, -0.2) is 58.3 Å². The van der Waals surface area contributed by atoms with Crippen molar-refractivity contribution in [3.05, 3.63) is 23.8 Å². The van der Waals surface area contributed by atoms with E-state index in [0.29, 0.717) is 24.6 Å². The number of nitrogens with zero attached hydrogens (tertiary/aromatic N) is 4. The minimum Gasteiger partial charge on any atom is -0.343 e. The van der Waals surface area contributed by atoms with Gasteiger partial charge in [-0.1, -0.05) is 0 Å². The summed E-state index contributed by atoms with van der Waals surface area (Å²) >= 11 is 0. The monoisotopic (exact) mass is 290 g/mol. The summed E-state index contributed by atoms with van der Waals surface area (Å²) in [6.45, 7) is 5.68. The van der Waals surface area contributed by atoms with E-state index in [4.69, 9.17) is 0 Å². The normalized spacial score (nSPS) is 17.9. The number of hydrogen-bond donors (Lipinski definition) is 0. The van der Waals surface area contributed by atoms with Crippen molar-refractivity contribution in [3.8, 4) is 0 Å². The van der Waals surface area contributed by atoms with Gasteiger partial charge in [0, 0.05) is 46.0 Å². The van der Waals surface area contributed by atoms with Gasteiger partial charge >= 0.3 is 0 Å². The smallest absolute Gasteiger partial charge is 0.274 e. The number of hydrogen-bond acceptors (Lipinski definition) is 4. The molecule has 0 unspecified atom stereocenters. The predicted octanol–water partition coefficient (Wildman–Crippen LogP) is 0.979. The molecule has 2 rings (SSSR count). The Kier molecular flexibility index (Phi) is 4.88. The molecule has 0 radical (unpaired) electrons. The van der Waals surface area contributed by atoms with Gasteiger partial charge in [-0.25, -0.2) is 4.98 Å². The van der Waals surface area contributed by atoms with Gasteiger partial charge in [0.25, 0.3) is 5.91 Å². The van der Waals surface area contributed by atoms with Gasteiger partial charge in [-0.2, -0.15) is 0 Å². The highest BCUT2D eigenvalue weighted by atomic mass is 16.2. The van der Waals surface area contributed by atoms with Crippen LogP contribution in [-0.2, 0) is 11.2 Å². The largest absolute Gasteiger partial charge is 0.343 e. The number of carbonyl (C=O) groups is 2. The van der Waals surface area contributed by atoms with E-state index in [-0.39, 0.29) is 11.8 Å². The van der Waals surface area contributed by atoms with Crippen LogP contribution in [0.25, 0.3) is 0 Å². The van der Waals surface area contributed by atoms with Crippen LogP contribution in [0.3, 0.4) is 0 Å². The predicted molar refractivity (Wildman–Crippen MR) is 78.7 cm³/mol. The van der Waals surface area contributed by atoms with Crippen LogP contribution < -0.4 is 0 Å². The van der Waals surface area contributed by atoms with Crippen molar-refractivity contribution in [1.29, 1.82) is 0 Å². The molecule has 21 heavy (non-hydrogen) atoms. The Morgan fingerprint density at radius 2 is 2.10 bits per heavy atom. The van der Waals surface area contributed by atoms with Gasteiger partial charge in [0.05, 0.1) is 5.69 Å². The Morgan fingerprint density at radius 1 is 1.38 bits per heavy atom. The molecular formula is C15H22N4O2. The molecule has 1 saturated heterocycles. The standard InChI is InChI=1S/C15H22N4O2/c1-4-18(3)15(21)14-13(16-6-7-17-14)9-12-5-8-19(10-12)11(2)20/h6-7,12H,4-5,8-10H2,1-3H3/t12-/m1/s1. The molecule has 1 aromatic heterocycles. The van der Waals surface area contributed by atoms with Gasteiger partial charge in [-0.15, -0.1) is 0 Å². The average molecular weight is 290 g/mol. The molecule has 114 valence electrons. The van der Waals surface area contributed by atoms with Gasteiger partial charge in [-0.3, -0.25) is 14.6 Å². The molecule has 0 spiro atoms. The summed E-state index contributed by atoms with van der Waals surface area (Å²) in [6.07, 6.45) is 4.82. The molecule has 0 bridgehead atoms. The molecule has 6 heteroatoms. The van der Waals surface area contributed by atoms with Crippen LogP contribution in [0.15, 0.2) is 12.4 Å². The molecule has 1 fully saturated rings. The van der Waals surface area contributed by atoms with Gasteiger partial charge in [-0.05, 0) is 25.7 Å². The number of aromatic nitrogens is 2. The van der Waals surface area contributed by atoms with Crippen molar-refractivity contribution >= 4 is 11.8 Å². The minimum absolute atomic E-state index is 0.0954. The van der Waals surface area contributed by atoms with Crippen LogP contribution in [0.2, 0.25) is 0 Å². The zero-order valence-electron chi connectivity index (χ0n) is 12.9. The quantitative estimate of drug-likeness (QED) is 0.829. The lowest BCUT2D eigenvalue weighted by molar-refractivity contribution is -0.127. The first-order valence-electron chi connectivity index (χ1n) is 7.33. The maximum atomic E-state index is 12.3. The van der Waals surface area contributed by atoms with Crippen LogP contribution in [0.1, 0.15) is 36.5 Å². The Balaban J connectivity index is 2.11. The highest BCUT2D eigenvalue weighted by molar-refractivity contribution is 5.93. The maximum absolute atomic E-state index is 12.3. The van der Waals surface area contributed by atoms with Gasteiger partial charge < -0.3 is 9.80 Å². The van der Waals surface area contributed by atoms with Crippen LogP contribution in [0, 0.1) is 5.92 Å². The summed E-state index contributed by atoms with van der Waals surface area (Å²) in [7, 11) is 1.76. The van der Waals surface area contributed by atoms with E-state index in [0.717, 1.165) is 25.2 Å². The van der Waals surface area contributed by atoms with Crippen LogP contribution >= 0.6 is 0 Å². The first kappa shape index (κ1) is 15.4. The molecule has 1 atom stereocenters. The Morgan fingerprint density at radius 3 is 2.71 bits per heavy atom. The van der Waals surface area contributed by atoms with Crippen LogP contribution in [0.5, 0.6) is 0 Å². The van der Waals surface area contributed by atoms with E-state index in [9.17, 15) is 9.59 Å². The summed E-state index contributed by atoms with van der Waals surface area (Å²) in [5.41, 5.74) is 1.17. The van der Waals surface area contributed by atoms with E-state index in [1.165, 1.54) is 0 Å². The molecule has 2 heterocycles. The third-order valence-corrected chi connectivity index (χ3v) is 4.01. The fourth-order valence-corrected chi connectivity index (χ4v) is 2.58. The summed E-state index contributed by atoms with van der Waals surface area (Å²) in [6, 6.07) is 0. The summed E-state index contributed by atoms with van der Waals surface area (Å²) in [5.74, 6) is 0.366. The van der Waals surface area contributed by atoms with E-state index in [1.54, 1.807) is 31.3 Å². The third-order valence-electron chi connectivity index (χ3n) is 4.01. The van der Waals surface area contributed by atoms with Crippen molar-refractivity contribution in [2.24, 2.45) is 5.92 Å². The molecule has 1 aliphatic heterocycles. The van der Waals surface area contributed by atoms with Gasteiger partial charge in [0.1, 0.15) is 5.69 Å². The Bertz CT molecular complexity index is 532. The molecule has 2 amide bonds. The zero-order valence-corrected chi connectivity index (χ0v) is 12.9. The van der Waals surface area contributed by atoms with E-state index >= 15 is 0 Å². The van der Waals surface area contributed by atoms with Crippen molar-refractivity contribution in [2.45, 2.75) is 26.7 Å². The highest BCUT2D eigenvalue weighted by Crippen LogP contribution is 2.21. The first-order valence-corrected chi connectivity index (χ1v) is 7.33. The fourth-order valence-electron chi connectivity index (χ4n) is 2.58. The molecule has 6 nitrogen and oxygen atoms in total. The van der Waals surface area contributed by atoms with Crippen LogP contribution in [0.4, 0.5) is 0 Å². The van der Waals surface area contributed by atoms with Gasteiger partial charge in [0.15, 0.2) is 0 Å². The third kappa shape index (κ3) is 3.56. The Labute approximate surface area is 125 Å². The lowest BCUT2D eigenvalue weighted by Gasteiger charge is -2.17. The highest BCUT2D eigenvalue weighted by Gasteiger charge is 2.27. The average Bonchev–Trinajstić information content (AvgIpc) is 2.95. The summed E-state index contributed by atoms with van der Waals surface area (Å²) < 4.78 is 0. The molecule has 1 aromatic rings. The molecule has 1 aliphatic rings. The minimum atomic E-state index is -0.0954. The molecule has 0 N–H and O–H groups in total. The second kappa shape index (κ2) is 6.65. The number of rotatable bonds is 4.